The van der Waals surface area contributed by atoms with E-state index in [4.69, 9.17) is 23.2 Å². The molecule has 4 fully saturated rings. The molecule has 2 amide bonds. The van der Waals surface area contributed by atoms with Crippen molar-refractivity contribution in [2.75, 3.05) is 17.1 Å². The summed E-state index contributed by atoms with van der Waals surface area (Å²) in [6, 6.07) is 11.9. The Kier molecular flexibility index (Phi) is 9.41. The Balaban J connectivity index is 1.41. The van der Waals surface area contributed by atoms with Crippen LogP contribution in [0, 0.1) is 17.8 Å². The van der Waals surface area contributed by atoms with E-state index in [0.29, 0.717) is 21.3 Å². The van der Waals surface area contributed by atoms with Crippen LogP contribution in [0.2, 0.25) is 10.0 Å². The van der Waals surface area contributed by atoms with E-state index in [1.54, 1.807) is 25.1 Å². The molecule has 0 heterocycles. The van der Waals surface area contributed by atoms with Crippen molar-refractivity contribution in [3.05, 3.63) is 63.6 Å². The number of carbonyl (C=O) groups is 2. The molecule has 0 radical (unpaired) electrons. The Morgan fingerprint density at radius 3 is 1.98 bits per heavy atom. The lowest BCUT2D eigenvalue weighted by Crippen LogP contribution is -2.52. The van der Waals surface area contributed by atoms with Crippen molar-refractivity contribution >= 4 is 50.7 Å². The minimum Gasteiger partial charge on any atom is -0.352 e. The van der Waals surface area contributed by atoms with Crippen LogP contribution in [0.25, 0.3) is 0 Å². The van der Waals surface area contributed by atoms with E-state index in [1.165, 1.54) is 49.0 Å². The molecule has 43 heavy (non-hydrogen) atoms. The maximum atomic E-state index is 14.0. The number of sulfonamides is 1. The summed E-state index contributed by atoms with van der Waals surface area (Å²) in [6.45, 7) is 4.97. The normalized spacial score (nSPS) is 25.7. The van der Waals surface area contributed by atoms with Crippen LogP contribution in [0.1, 0.15) is 76.8 Å². The number of nitrogens with zero attached hydrogens (tertiary/aromatic N) is 2. The van der Waals surface area contributed by atoms with Crippen molar-refractivity contribution in [2.24, 2.45) is 17.8 Å². The predicted octanol–water partition coefficient (Wildman–Crippen LogP) is 6.56. The van der Waals surface area contributed by atoms with Crippen LogP contribution in [0.3, 0.4) is 0 Å². The second-order valence-corrected chi connectivity index (χ2v) is 16.0. The summed E-state index contributed by atoms with van der Waals surface area (Å²) in [7, 11) is -3.83. The van der Waals surface area contributed by atoms with Crippen LogP contribution in [-0.4, -0.2) is 50.0 Å². The number of benzene rings is 2. The zero-order valence-corrected chi connectivity index (χ0v) is 27.8. The molecule has 0 unspecified atom stereocenters. The van der Waals surface area contributed by atoms with Crippen LogP contribution in [0.15, 0.2) is 42.5 Å². The van der Waals surface area contributed by atoms with Crippen LogP contribution in [-0.2, 0) is 31.6 Å². The van der Waals surface area contributed by atoms with Gasteiger partial charge in [-0.2, -0.15) is 0 Å². The highest BCUT2D eigenvalue weighted by Gasteiger charge is 2.51. The first kappa shape index (κ1) is 32.1. The molecule has 0 spiro atoms. The number of hydrogen-bond acceptors (Lipinski definition) is 4. The highest BCUT2D eigenvalue weighted by molar-refractivity contribution is 7.92. The number of carbonyl (C=O) groups excluding carboxylic acids is 2. The fraction of sp³-hybridized carbons (Fsp3) is 0.576. The number of rotatable bonds is 11. The fourth-order valence-electron chi connectivity index (χ4n) is 7.96. The Hall–Kier alpha value is -2.29. The van der Waals surface area contributed by atoms with E-state index >= 15 is 0 Å². The minimum atomic E-state index is -3.83. The summed E-state index contributed by atoms with van der Waals surface area (Å²) < 4.78 is 27.3. The van der Waals surface area contributed by atoms with Gasteiger partial charge in [-0.1, -0.05) is 48.3 Å². The molecule has 1 N–H and O–H groups in total. The molecule has 0 aromatic heterocycles. The van der Waals surface area contributed by atoms with E-state index in [2.05, 4.69) is 17.4 Å². The largest absolute Gasteiger partial charge is 0.352 e. The summed E-state index contributed by atoms with van der Waals surface area (Å²) in [5, 5.41) is 3.65. The molecule has 2 aromatic carbocycles. The standard InChI is InChI=1S/C33H43Cl2N3O4S/c1-5-21(2)36-32(40)22(3)37(19-28-29(34)7-6-8-30(28)35)31(39)20-38(43(4,41)42)27-11-9-26(10-12-27)33-16-23-13-24(17-33)15-25(14-23)18-33/h6-12,21-25H,5,13-20H2,1-4H3,(H,36,40)/t21-,22-,23?,24?,25?,33?/m0/s1. The average molecular weight is 649 g/mol. The van der Waals surface area contributed by atoms with Gasteiger partial charge in [-0.3, -0.25) is 13.9 Å². The van der Waals surface area contributed by atoms with Crippen LogP contribution in [0.5, 0.6) is 0 Å². The number of nitrogens with one attached hydrogen (secondary N) is 1. The molecule has 4 saturated carbocycles. The summed E-state index contributed by atoms with van der Waals surface area (Å²) in [6.07, 6.45) is 9.51. The van der Waals surface area contributed by atoms with Gasteiger partial charge < -0.3 is 10.2 Å². The summed E-state index contributed by atoms with van der Waals surface area (Å²) in [5.74, 6) is 1.53. The number of halogens is 2. The second kappa shape index (κ2) is 12.6. The third kappa shape index (κ3) is 6.86. The van der Waals surface area contributed by atoms with E-state index in [1.807, 2.05) is 26.0 Å². The van der Waals surface area contributed by atoms with Crippen molar-refractivity contribution < 1.29 is 18.0 Å². The van der Waals surface area contributed by atoms with Gasteiger partial charge in [0.2, 0.25) is 21.8 Å². The van der Waals surface area contributed by atoms with E-state index < -0.39 is 28.5 Å². The lowest BCUT2D eigenvalue weighted by atomic mass is 9.48. The third-order valence-corrected chi connectivity index (χ3v) is 11.9. The smallest absolute Gasteiger partial charge is 0.244 e. The Labute approximate surface area is 266 Å². The topological polar surface area (TPSA) is 86.8 Å². The van der Waals surface area contributed by atoms with Crippen molar-refractivity contribution in [2.45, 2.75) is 89.8 Å². The predicted molar refractivity (Wildman–Crippen MR) is 173 cm³/mol. The van der Waals surface area contributed by atoms with E-state index in [0.717, 1.165) is 34.7 Å². The van der Waals surface area contributed by atoms with Crippen molar-refractivity contribution in [3.8, 4) is 0 Å². The Morgan fingerprint density at radius 2 is 1.49 bits per heavy atom. The number of amides is 2. The molecule has 10 heteroatoms. The zero-order chi connectivity index (χ0) is 31.1. The van der Waals surface area contributed by atoms with Gasteiger partial charge in [0.1, 0.15) is 12.6 Å². The fourth-order valence-corrected chi connectivity index (χ4v) is 9.33. The van der Waals surface area contributed by atoms with Gasteiger partial charge in [-0.25, -0.2) is 8.42 Å². The molecule has 4 bridgehead atoms. The molecule has 4 aliphatic rings. The number of hydrogen-bond donors (Lipinski definition) is 1. The molecule has 2 aromatic rings. The first-order valence-corrected chi connectivity index (χ1v) is 18.0. The summed E-state index contributed by atoms with van der Waals surface area (Å²) >= 11 is 12.9. The molecular formula is C33H43Cl2N3O4S. The van der Waals surface area contributed by atoms with Gasteiger partial charge in [-0.05, 0) is 112 Å². The third-order valence-electron chi connectivity index (χ3n) is 10.0. The molecule has 4 aliphatic carbocycles. The maximum absolute atomic E-state index is 14.0. The second-order valence-electron chi connectivity index (χ2n) is 13.2. The SMILES string of the molecule is CC[C@H](C)NC(=O)[C@H](C)N(Cc1c(Cl)cccc1Cl)C(=O)CN(c1ccc(C23CC4CC(CC(C4)C2)C3)cc1)S(C)(=O)=O. The molecule has 2 atom stereocenters. The van der Waals surface area contributed by atoms with Gasteiger partial charge in [0.25, 0.3) is 0 Å². The van der Waals surface area contributed by atoms with Crippen molar-refractivity contribution in [1.82, 2.24) is 10.2 Å². The van der Waals surface area contributed by atoms with Gasteiger partial charge in [0.05, 0.1) is 11.9 Å². The highest BCUT2D eigenvalue weighted by Crippen LogP contribution is 2.60. The van der Waals surface area contributed by atoms with Gasteiger partial charge in [-0.15, -0.1) is 0 Å². The van der Waals surface area contributed by atoms with Crippen molar-refractivity contribution in [1.29, 1.82) is 0 Å². The quantitative estimate of drug-likeness (QED) is 0.299. The number of anilines is 1. The van der Waals surface area contributed by atoms with Gasteiger partial charge in [0, 0.05) is 28.2 Å². The lowest BCUT2D eigenvalue weighted by molar-refractivity contribution is -0.139. The summed E-state index contributed by atoms with van der Waals surface area (Å²) in [4.78, 5) is 28.5. The lowest BCUT2D eigenvalue weighted by Gasteiger charge is -2.57. The Morgan fingerprint density at radius 1 is 0.953 bits per heavy atom. The molecule has 0 aliphatic heterocycles. The van der Waals surface area contributed by atoms with E-state index in [-0.39, 0.29) is 23.9 Å². The highest BCUT2D eigenvalue weighted by atomic mass is 35.5. The minimum absolute atomic E-state index is 0.0466. The molecular weight excluding hydrogens is 605 g/mol. The molecule has 7 nitrogen and oxygen atoms in total. The summed E-state index contributed by atoms with van der Waals surface area (Å²) in [5.41, 5.74) is 2.38. The first-order valence-electron chi connectivity index (χ1n) is 15.4. The Bertz CT molecular complexity index is 1410. The van der Waals surface area contributed by atoms with Crippen LogP contribution >= 0.6 is 23.2 Å². The van der Waals surface area contributed by atoms with E-state index in [9.17, 15) is 18.0 Å². The molecule has 6 rings (SSSR count). The zero-order valence-electron chi connectivity index (χ0n) is 25.5. The average Bonchev–Trinajstić information content (AvgIpc) is 2.94. The molecule has 0 saturated heterocycles. The monoisotopic (exact) mass is 647 g/mol. The van der Waals surface area contributed by atoms with Crippen LogP contribution in [0.4, 0.5) is 5.69 Å². The molecule has 234 valence electrons. The maximum Gasteiger partial charge on any atom is 0.244 e. The van der Waals surface area contributed by atoms with Crippen molar-refractivity contribution in [3.63, 3.8) is 0 Å². The van der Waals surface area contributed by atoms with Gasteiger partial charge >= 0.3 is 0 Å². The van der Waals surface area contributed by atoms with Crippen LogP contribution < -0.4 is 9.62 Å². The van der Waals surface area contributed by atoms with Gasteiger partial charge in [0.15, 0.2) is 0 Å². The first-order chi connectivity index (χ1) is 20.3.